The molecule has 1 aromatic carbocycles. The maximum absolute atomic E-state index is 12.3. The topological polar surface area (TPSA) is 86.8 Å². The van der Waals surface area contributed by atoms with Crippen LogP contribution in [0.3, 0.4) is 0 Å². The monoisotopic (exact) mass is 278 g/mol. The van der Waals surface area contributed by atoms with Gasteiger partial charge < -0.3 is 20.8 Å². The summed E-state index contributed by atoms with van der Waals surface area (Å²) in [6.07, 6.45) is 2.75. The number of aromatic hydroxyl groups is 2. The summed E-state index contributed by atoms with van der Waals surface area (Å²) in [5.74, 6) is 0.237. The van der Waals surface area contributed by atoms with Gasteiger partial charge in [-0.3, -0.25) is 4.79 Å². The predicted molar refractivity (Wildman–Crippen MR) is 76.4 cm³/mol. The largest absolute Gasteiger partial charge is 0.504 e. The van der Waals surface area contributed by atoms with Crippen LogP contribution in [0.4, 0.5) is 0 Å². The Hall–Kier alpha value is -1.75. The van der Waals surface area contributed by atoms with Crippen molar-refractivity contribution in [3.63, 3.8) is 0 Å². The molecule has 0 spiro atoms. The van der Waals surface area contributed by atoms with Crippen molar-refractivity contribution in [2.24, 2.45) is 11.7 Å². The number of phenolic OH excluding ortho intramolecular Hbond substituents is 2. The number of rotatable bonds is 6. The molecule has 0 aromatic heterocycles. The van der Waals surface area contributed by atoms with Crippen molar-refractivity contribution >= 4 is 5.91 Å². The van der Waals surface area contributed by atoms with Crippen LogP contribution in [-0.4, -0.2) is 40.2 Å². The lowest BCUT2D eigenvalue weighted by molar-refractivity contribution is -0.132. The maximum Gasteiger partial charge on any atom is 0.239 e. The molecule has 1 aliphatic carbocycles. The summed E-state index contributed by atoms with van der Waals surface area (Å²) in [4.78, 5) is 14.1. The Morgan fingerprint density at radius 3 is 2.65 bits per heavy atom. The third-order valence-corrected chi connectivity index (χ3v) is 3.68. The molecule has 0 saturated heterocycles. The molecule has 4 N–H and O–H groups in total. The third kappa shape index (κ3) is 3.63. The number of hydrogen-bond acceptors (Lipinski definition) is 4. The van der Waals surface area contributed by atoms with Gasteiger partial charge in [-0.1, -0.05) is 6.07 Å². The number of phenols is 2. The molecule has 0 bridgehead atoms. The number of nitrogens with zero attached hydrogens (tertiary/aromatic N) is 1. The molecule has 1 amide bonds. The van der Waals surface area contributed by atoms with E-state index in [2.05, 4.69) is 0 Å². The van der Waals surface area contributed by atoms with Gasteiger partial charge in [-0.2, -0.15) is 0 Å². The summed E-state index contributed by atoms with van der Waals surface area (Å²) < 4.78 is 0. The van der Waals surface area contributed by atoms with Crippen LogP contribution in [0.2, 0.25) is 0 Å². The van der Waals surface area contributed by atoms with Crippen molar-refractivity contribution in [3.8, 4) is 11.5 Å². The van der Waals surface area contributed by atoms with Crippen LogP contribution in [0.5, 0.6) is 11.5 Å². The molecule has 0 unspecified atom stereocenters. The minimum absolute atomic E-state index is 0.0491. The highest BCUT2D eigenvalue weighted by Crippen LogP contribution is 2.30. The number of carbonyl (C=O) groups is 1. The average molecular weight is 278 g/mol. The van der Waals surface area contributed by atoms with Gasteiger partial charge in [0.15, 0.2) is 11.5 Å². The van der Waals surface area contributed by atoms with Gasteiger partial charge in [-0.15, -0.1) is 0 Å². The first-order valence-electron chi connectivity index (χ1n) is 7.06. The highest BCUT2D eigenvalue weighted by atomic mass is 16.3. The van der Waals surface area contributed by atoms with E-state index in [4.69, 9.17) is 5.73 Å². The molecule has 1 aliphatic rings. The van der Waals surface area contributed by atoms with Crippen LogP contribution in [0.25, 0.3) is 0 Å². The van der Waals surface area contributed by atoms with Gasteiger partial charge in [-0.05, 0) is 49.8 Å². The van der Waals surface area contributed by atoms with E-state index in [0.29, 0.717) is 18.9 Å². The van der Waals surface area contributed by atoms with Gasteiger partial charge >= 0.3 is 0 Å². The van der Waals surface area contributed by atoms with Gasteiger partial charge in [0.2, 0.25) is 5.91 Å². The molecule has 0 aliphatic heterocycles. The van der Waals surface area contributed by atoms with E-state index in [1.165, 1.54) is 25.0 Å². The number of nitrogens with two attached hydrogens (primary N) is 1. The molecule has 0 radical (unpaired) electrons. The van der Waals surface area contributed by atoms with Crippen molar-refractivity contribution in [2.45, 2.75) is 32.2 Å². The number of carbonyl (C=O) groups excluding carboxylic acids is 1. The second kappa shape index (κ2) is 6.13. The van der Waals surface area contributed by atoms with Crippen LogP contribution < -0.4 is 5.73 Å². The minimum atomic E-state index is -0.613. The summed E-state index contributed by atoms with van der Waals surface area (Å²) in [5, 5.41) is 18.7. The first-order valence-corrected chi connectivity index (χ1v) is 7.06. The fourth-order valence-corrected chi connectivity index (χ4v) is 2.26. The lowest BCUT2D eigenvalue weighted by atomic mass is 10.0. The van der Waals surface area contributed by atoms with E-state index >= 15 is 0 Å². The zero-order valence-electron chi connectivity index (χ0n) is 11.7. The molecular formula is C15H22N2O3. The second-order valence-electron chi connectivity index (χ2n) is 5.45. The molecule has 20 heavy (non-hydrogen) atoms. The van der Waals surface area contributed by atoms with Gasteiger partial charge in [-0.25, -0.2) is 0 Å². The number of benzene rings is 1. The Morgan fingerprint density at radius 1 is 1.40 bits per heavy atom. The smallest absolute Gasteiger partial charge is 0.239 e. The summed E-state index contributed by atoms with van der Waals surface area (Å²) in [6, 6.07) is 3.90. The second-order valence-corrected chi connectivity index (χ2v) is 5.45. The number of likely N-dealkylation sites (N-methyl/N-ethyl adjacent to an activating group) is 1. The van der Waals surface area contributed by atoms with E-state index in [1.54, 1.807) is 6.07 Å². The SMILES string of the molecule is CCN(CC1CC1)C(=O)[C@@H](N)Cc1ccc(O)c(O)c1. The van der Waals surface area contributed by atoms with Gasteiger partial charge in [0.05, 0.1) is 6.04 Å². The Bertz CT molecular complexity index is 486. The first kappa shape index (κ1) is 14.7. The third-order valence-electron chi connectivity index (χ3n) is 3.68. The minimum Gasteiger partial charge on any atom is -0.504 e. The Balaban J connectivity index is 1.96. The van der Waals surface area contributed by atoms with Gasteiger partial charge in [0, 0.05) is 13.1 Å². The molecule has 5 nitrogen and oxygen atoms in total. The zero-order chi connectivity index (χ0) is 14.7. The van der Waals surface area contributed by atoms with E-state index in [9.17, 15) is 15.0 Å². The molecular weight excluding hydrogens is 256 g/mol. The Labute approximate surface area is 119 Å². The van der Waals surface area contributed by atoms with Crippen molar-refractivity contribution < 1.29 is 15.0 Å². The molecule has 5 heteroatoms. The molecule has 1 atom stereocenters. The summed E-state index contributed by atoms with van der Waals surface area (Å²) in [7, 11) is 0. The fraction of sp³-hybridized carbons (Fsp3) is 0.533. The van der Waals surface area contributed by atoms with Gasteiger partial charge in [0.1, 0.15) is 0 Å². The maximum atomic E-state index is 12.3. The van der Waals surface area contributed by atoms with Crippen LogP contribution in [0.15, 0.2) is 18.2 Å². The van der Waals surface area contributed by atoms with Crippen LogP contribution in [0, 0.1) is 5.92 Å². The molecule has 1 aromatic rings. The zero-order valence-corrected chi connectivity index (χ0v) is 11.7. The first-order chi connectivity index (χ1) is 9.51. The predicted octanol–water partition coefficient (Wildman–Crippen LogP) is 1.23. The van der Waals surface area contributed by atoms with E-state index in [-0.39, 0.29) is 17.4 Å². The standard InChI is InChI=1S/C15H22N2O3/c1-2-17(9-10-3-4-10)15(20)12(16)7-11-5-6-13(18)14(19)8-11/h5-6,8,10,12,18-19H,2-4,7,9,16H2,1H3/t12-/m0/s1. The quantitative estimate of drug-likeness (QED) is 0.683. The number of amides is 1. The normalized spacial score (nSPS) is 15.9. The van der Waals surface area contributed by atoms with Crippen molar-refractivity contribution in [1.82, 2.24) is 4.90 Å². The molecule has 110 valence electrons. The highest BCUT2D eigenvalue weighted by molar-refractivity contribution is 5.82. The molecule has 0 heterocycles. The van der Waals surface area contributed by atoms with Crippen molar-refractivity contribution in [3.05, 3.63) is 23.8 Å². The van der Waals surface area contributed by atoms with E-state index in [0.717, 1.165) is 12.1 Å². The molecule has 1 saturated carbocycles. The van der Waals surface area contributed by atoms with E-state index < -0.39 is 6.04 Å². The van der Waals surface area contributed by atoms with Crippen LogP contribution in [0.1, 0.15) is 25.3 Å². The Morgan fingerprint density at radius 2 is 2.10 bits per heavy atom. The summed E-state index contributed by atoms with van der Waals surface area (Å²) >= 11 is 0. The lowest BCUT2D eigenvalue weighted by Gasteiger charge is -2.24. The molecule has 2 rings (SSSR count). The Kier molecular flexibility index (Phi) is 4.49. The van der Waals surface area contributed by atoms with Crippen LogP contribution >= 0.6 is 0 Å². The van der Waals surface area contributed by atoms with Crippen molar-refractivity contribution in [1.29, 1.82) is 0 Å². The van der Waals surface area contributed by atoms with E-state index in [1.807, 2.05) is 11.8 Å². The number of hydrogen-bond donors (Lipinski definition) is 3. The molecule has 1 fully saturated rings. The average Bonchev–Trinajstić information content (AvgIpc) is 3.23. The van der Waals surface area contributed by atoms with Crippen molar-refractivity contribution in [2.75, 3.05) is 13.1 Å². The highest BCUT2D eigenvalue weighted by Gasteiger charge is 2.28. The van der Waals surface area contributed by atoms with Crippen LogP contribution in [-0.2, 0) is 11.2 Å². The van der Waals surface area contributed by atoms with Gasteiger partial charge in [0.25, 0.3) is 0 Å². The summed E-state index contributed by atoms with van der Waals surface area (Å²) in [6.45, 7) is 3.42. The lowest BCUT2D eigenvalue weighted by Crippen LogP contribution is -2.45. The fourth-order valence-electron chi connectivity index (χ4n) is 2.26. The summed E-state index contributed by atoms with van der Waals surface area (Å²) in [5.41, 5.74) is 6.71.